The van der Waals surface area contributed by atoms with Crippen molar-refractivity contribution in [3.63, 3.8) is 0 Å². The molecule has 1 aromatic heterocycles. The summed E-state index contributed by atoms with van der Waals surface area (Å²) >= 11 is 3.30. The van der Waals surface area contributed by atoms with E-state index in [0.29, 0.717) is 31.1 Å². The number of nitrogens with zero attached hydrogens (tertiary/aromatic N) is 5. The number of nitro groups is 1. The molecule has 1 amide bonds. The van der Waals surface area contributed by atoms with E-state index in [2.05, 4.69) is 36.1 Å². The van der Waals surface area contributed by atoms with Crippen LogP contribution in [0.3, 0.4) is 0 Å². The predicted molar refractivity (Wildman–Crippen MR) is 117 cm³/mol. The number of hydrogen-bond acceptors (Lipinski definition) is 8. The molecule has 2 aromatic rings. The van der Waals surface area contributed by atoms with Crippen LogP contribution in [-0.4, -0.2) is 76.0 Å². The molecule has 164 valence electrons. The van der Waals surface area contributed by atoms with Gasteiger partial charge in [-0.3, -0.25) is 14.9 Å². The monoisotopic (exact) mass is 490 g/mol. The zero-order valence-electron chi connectivity index (χ0n) is 17.0. The molecular weight excluding hydrogens is 468 g/mol. The van der Waals surface area contributed by atoms with Crippen LogP contribution in [0, 0.1) is 10.1 Å². The topological polar surface area (TPSA) is 114 Å². The molecule has 0 saturated carbocycles. The van der Waals surface area contributed by atoms with Gasteiger partial charge in [0.2, 0.25) is 5.95 Å². The summed E-state index contributed by atoms with van der Waals surface area (Å²) in [6, 6.07) is 4.38. The van der Waals surface area contributed by atoms with Gasteiger partial charge in [0.25, 0.3) is 5.91 Å². The third-order valence-electron chi connectivity index (χ3n) is 5.47. The van der Waals surface area contributed by atoms with Crippen LogP contribution in [-0.2, 0) is 0 Å². The van der Waals surface area contributed by atoms with Gasteiger partial charge >= 0.3 is 5.69 Å². The van der Waals surface area contributed by atoms with E-state index in [-0.39, 0.29) is 29.5 Å². The minimum Gasteiger partial charge on any atom is -0.482 e. The van der Waals surface area contributed by atoms with E-state index in [0.717, 1.165) is 23.9 Å². The van der Waals surface area contributed by atoms with Crippen LogP contribution < -0.4 is 10.1 Å². The summed E-state index contributed by atoms with van der Waals surface area (Å²) in [7, 11) is 1.98. The molecule has 2 fully saturated rings. The average Bonchev–Trinajstić information content (AvgIpc) is 3.38. The quantitative estimate of drug-likeness (QED) is 0.485. The summed E-state index contributed by atoms with van der Waals surface area (Å²) in [5.41, 5.74) is 0.256. The van der Waals surface area contributed by atoms with Gasteiger partial charge in [-0.1, -0.05) is 0 Å². The fourth-order valence-corrected chi connectivity index (χ4v) is 4.08. The third kappa shape index (κ3) is 5.10. The molecule has 0 bridgehead atoms. The number of amides is 1. The van der Waals surface area contributed by atoms with Crippen molar-refractivity contribution in [3.8, 4) is 5.75 Å². The Morgan fingerprint density at radius 1 is 1.26 bits per heavy atom. The zero-order valence-corrected chi connectivity index (χ0v) is 18.6. The van der Waals surface area contributed by atoms with Crippen molar-refractivity contribution in [2.75, 3.05) is 38.5 Å². The number of benzene rings is 1. The highest BCUT2D eigenvalue weighted by Gasteiger charge is 2.30. The Labute approximate surface area is 187 Å². The average molecular weight is 491 g/mol. The second kappa shape index (κ2) is 9.15. The SMILES string of the molecule is CN1CCC(Oc2cc(C(=O)N3CC[C@@H](Nc4ncc(Br)cn4)C3)ccc2[N+](=O)[O-])C1. The summed E-state index contributed by atoms with van der Waals surface area (Å²) in [5, 5.41) is 14.7. The van der Waals surface area contributed by atoms with E-state index in [9.17, 15) is 14.9 Å². The number of likely N-dealkylation sites (N-methyl/N-ethyl adjacent to an activating group) is 1. The molecule has 11 heteroatoms. The Bertz CT molecular complexity index is 973. The van der Waals surface area contributed by atoms with Crippen LogP contribution >= 0.6 is 15.9 Å². The van der Waals surface area contributed by atoms with Crippen LogP contribution in [0.4, 0.5) is 11.6 Å². The minimum atomic E-state index is -0.476. The van der Waals surface area contributed by atoms with Gasteiger partial charge in [-0.2, -0.15) is 0 Å². The van der Waals surface area contributed by atoms with E-state index in [1.54, 1.807) is 17.3 Å². The van der Waals surface area contributed by atoms with Gasteiger partial charge in [-0.15, -0.1) is 0 Å². The normalized spacial score (nSPS) is 21.3. The lowest BCUT2D eigenvalue weighted by molar-refractivity contribution is -0.386. The molecule has 2 aliphatic rings. The first-order valence-corrected chi connectivity index (χ1v) is 10.9. The van der Waals surface area contributed by atoms with Gasteiger partial charge in [0.1, 0.15) is 6.10 Å². The molecule has 2 atom stereocenters. The van der Waals surface area contributed by atoms with Crippen molar-refractivity contribution in [1.29, 1.82) is 0 Å². The van der Waals surface area contributed by atoms with E-state index in [1.165, 1.54) is 18.2 Å². The fourth-order valence-electron chi connectivity index (χ4n) is 3.88. The zero-order chi connectivity index (χ0) is 22.0. The Hall–Kier alpha value is -2.79. The molecule has 3 heterocycles. The van der Waals surface area contributed by atoms with Crippen LogP contribution in [0.25, 0.3) is 0 Å². The van der Waals surface area contributed by atoms with Crippen molar-refractivity contribution < 1.29 is 14.5 Å². The van der Waals surface area contributed by atoms with Gasteiger partial charge in [0.15, 0.2) is 5.75 Å². The summed E-state index contributed by atoms with van der Waals surface area (Å²) < 4.78 is 6.71. The van der Waals surface area contributed by atoms with Crippen LogP contribution in [0.1, 0.15) is 23.2 Å². The smallest absolute Gasteiger partial charge is 0.310 e. The van der Waals surface area contributed by atoms with Crippen molar-refractivity contribution in [2.24, 2.45) is 0 Å². The first-order valence-electron chi connectivity index (χ1n) is 10.1. The highest BCUT2D eigenvalue weighted by molar-refractivity contribution is 9.10. The molecule has 0 radical (unpaired) electrons. The number of carbonyl (C=O) groups is 1. The van der Waals surface area contributed by atoms with E-state index >= 15 is 0 Å². The number of nitrogens with one attached hydrogen (secondary N) is 1. The molecule has 2 saturated heterocycles. The number of nitro benzene ring substituents is 1. The molecule has 4 rings (SSSR count). The molecular formula is C20H23BrN6O4. The predicted octanol–water partition coefficient (Wildman–Crippen LogP) is 2.56. The van der Waals surface area contributed by atoms with Crippen LogP contribution in [0.2, 0.25) is 0 Å². The second-order valence-corrected chi connectivity index (χ2v) is 8.75. The number of ether oxygens (including phenoxy) is 1. The Balaban J connectivity index is 1.44. The van der Waals surface area contributed by atoms with Crippen LogP contribution in [0.15, 0.2) is 35.1 Å². The third-order valence-corrected chi connectivity index (χ3v) is 5.88. The van der Waals surface area contributed by atoms with E-state index in [4.69, 9.17) is 4.74 Å². The Morgan fingerprint density at radius 2 is 2.03 bits per heavy atom. The van der Waals surface area contributed by atoms with Crippen molar-refractivity contribution in [2.45, 2.75) is 25.0 Å². The largest absolute Gasteiger partial charge is 0.482 e. The number of anilines is 1. The van der Waals surface area contributed by atoms with Gasteiger partial charge < -0.3 is 19.9 Å². The lowest BCUT2D eigenvalue weighted by Crippen LogP contribution is -2.32. The van der Waals surface area contributed by atoms with Crippen molar-refractivity contribution in [1.82, 2.24) is 19.8 Å². The standard InChI is InChI=1S/C20H23BrN6O4/c1-25-6-5-16(12-25)31-18-8-13(2-3-17(18)27(29)30)19(28)26-7-4-15(11-26)24-20-22-9-14(21)10-23-20/h2-3,8-10,15-16H,4-7,11-12H2,1H3,(H,22,23,24)/t15-,16?/m1/s1. The molecule has 1 aromatic carbocycles. The molecule has 2 aliphatic heterocycles. The second-order valence-electron chi connectivity index (χ2n) is 7.84. The van der Waals surface area contributed by atoms with Gasteiger partial charge in [-0.25, -0.2) is 9.97 Å². The molecule has 1 N–H and O–H groups in total. The molecule has 10 nitrogen and oxygen atoms in total. The maximum absolute atomic E-state index is 13.0. The van der Waals surface area contributed by atoms with Gasteiger partial charge in [0.05, 0.1) is 9.40 Å². The molecule has 31 heavy (non-hydrogen) atoms. The van der Waals surface area contributed by atoms with Crippen molar-refractivity contribution >= 4 is 33.5 Å². The van der Waals surface area contributed by atoms with E-state index < -0.39 is 4.92 Å². The number of aromatic nitrogens is 2. The Kier molecular flexibility index (Phi) is 6.33. The number of likely N-dealkylation sites (tertiary alicyclic amines) is 2. The van der Waals surface area contributed by atoms with Crippen LogP contribution in [0.5, 0.6) is 5.75 Å². The number of hydrogen-bond donors (Lipinski definition) is 1. The lowest BCUT2D eigenvalue weighted by Gasteiger charge is -2.18. The summed E-state index contributed by atoms with van der Waals surface area (Å²) in [4.78, 5) is 36.2. The fraction of sp³-hybridized carbons (Fsp3) is 0.450. The number of halogens is 1. The molecule has 0 spiro atoms. The molecule has 0 aliphatic carbocycles. The van der Waals surface area contributed by atoms with Gasteiger partial charge in [-0.05, 0) is 41.9 Å². The van der Waals surface area contributed by atoms with Gasteiger partial charge in [0, 0.05) is 62.3 Å². The molecule has 1 unspecified atom stereocenters. The summed E-state index contributed by atoms with van der Waals surface area (Å²) in [6.07, 6.45) is 4.75. The number of rotatable bonds is 6. The van der Waals surface area contributed by atoms with E-state index in [1.807, 2.05) is 7.05 Å². The number of carbonyl (C=O) groups excluding carboxylic acids is 1. The first-order chi connectivity index (χ1) is 14.9. The Morgan fingerprint density at radius 3 is 2.71 bits per heavy atom. The maximum Gasteiger partial charge on any atom is 0.310 e. The maximum atomic E-state index is 13.0. The summed E-state index contributed by atoms with van der Waals surface area (Å²) in [6.45, 7) is 2.65. The van der Waals surface area contributed by atoms with Crippen molar-refractivity contribution in [3.05, 3.63) is 50.7 Å². The first kappa shape index (κ1) is 21.4. The lowest BCUT2D eigenvalue weighted by atomic mass is 10.1. The highest BCUT2D eigenvalue weighted by atomic mass is 79.9. The highest BCUT2D eigenvalue weighted by Crippen LogP contribution is 2.31. The minimum absolute atomic E-state index is 0.0351. The summed E-state index contributed by atoms with van der Waals surface area (Å²) in [5.74, 6) is 0.479.